The number of allylic oxidation sites excluding steroid dienone is 1. The third-order valence-corrected chi connectivity index (χ3v) is 9.60. The molecule has 9 rings (SSSR count). The van der Waals surface area contributed by atoms with E-state index in [1.165, 1.54) is 10.8 Å². The van der Waals surface area contributed by atoms with Crippen LogP contribution in [0.5, 0.6) is 0 Å². The minimum atomic E-state index is 0.382. The lowest BCUT2D eigenvalue weighted by Crippen LogP contribution is -1.97. The van der Waals surface area contributed by atoms with E-state index in [-0.39, 0.29) is 0 Å². The summed E-state index contributed by atoms with van der Waals surface area (Å²) in [5, 5.41) is 18.2. The Hall–Kier alpha value is -6.58. The van der Waals surface area contributed by atoms with Crippen LogP contribution in [0, 0.1) is 5.41 Å². The van der Waals surface area contributed by atoms with Crippen LogP contribution in [0.1, 0.15) is 11.1 Å². The normalized spacial score (nSPS) is 12.0. The van der Waals surface area contributed by atoms with Gasteiger partial charge in [-0.1, -0.05) is 133 Å². The molecular weight excluding hydrogens is 597 g/mol. The van der Waals surface area contributed by atoms with E-state index in [9.17, 15) is 0 Å². The van der Waals surface area contributed by atoms with Crippen molar-refractivity contribution in [3.05, 3.63) is 175 Å². The maximum atomic E-state index is 9.03. The molecule has 3 nitrogen and oxygen atoms in total. The van der Waals surface area contributed by atoms with Gasteiger partial charge in [-0.25, -0.2) is 0 Å². The van der Waals surface area contributed by atoms with Crippen molar-refractivity contribution in [3.63, 3.8) is 0 Å². The molecule has 49 heavy (non-hydrogen) atoms. The Balaban J connectivity index is 1.18. The minimum Gasteiger partial charge on any atom is -0.456 e. The Morgan fingerprint density at radius 1 is 0.490 bits per heavy atom. The standard InChI is InChI=1S/C46H30N2O/c1-48-43(28-42(47)31-20-18-30(19-21-31)29-10-3-2-4-11-29)40-16-9-15-38-34-12-5-6-13-35(34)41-26-32(23-25-39(41)46(38)40)33-22-24-37-36-14-7-8-17-44(36)49-45(37)27-33/h2-28,47H,1H2/b43-28-,47-42?. The van der Waals surface area contributed by atoms with E-state index < -0.39 is 0 Å². The fourth-order valence-electron chi connectivity index (χ4n) is 7.20. The number of hydrogen-bond donors (Lipinski definition) is 1. The molecule has 8 aromatic carbocycles. The van der Waals surface area contributed by atoms with Crippen LogP contribution in [0.3, 0.4) is 0 Å². The van der Waals surface area contributed by atoms with Gasteiger partial charge in [0, 0.05) is 16.3 Å². The zero-order chi connectivity index (χ0) is 32.9. The van der Waals surface area contributed by atoms with Crippen LogP contribution in [0.4, 0.5) is 0 Å². The third-order valence-electron chi connectivity index (χ3n) is 9.60. The smallest absolute Gasteiger partial charge is 0.136 e. The maximum absolute atomic E-state index is 9.03. The average molecular weight is 627 g/mol. The summed E-state index contributed by atoms with van der Waals surface area (Å²) in [7, 11) is 0. The van der Waals surface area contributed by atoms with Crippen molar-refractivity contribution in [3.8, 4) is 22.3 Å². The highest BCUT2D eigenvalue weighted by Gasteiger charge is 2.16. The largest absolute Gasteiger partial charge is 0.456 e. The molecule has 1 heterocycles. The van der Waals surface area contributed by atoms with E-state index in [0.29, 0.717) is 11.4 Å². The van der Waals surface area contributed by atoms with Crippen LogP contribution in [-0.2, 0) is 0 Å². The molecule has 0 saturated carbocycles. The van der Waals surface area contributed by atoms with Crippen LogP contribution >= 0.6 is 0 Å². The summed E-state index contributed by atoms with van der Waals surface area (Å²) in [6.45, 7) is 3.96. The molecule has 0 unspecified atom stereocenters. The molecule has 0 fully saturated rings. The molecule has 230 valence electrons. The Kier molecular flexibility index (Phi) is 6.77. The van der Waals surface area contributed by atoms with Crippen molar-refractivity contribution in [2.75, 3.05) is 0 Å². The van der Waals surface area contributed by atoms with Gasteiger partial charge in [-0.15, -0.1) is 0 Å². The van der Waals surface area contributed by atoms with Crippen molar-refractivity contribution in [1.82, 2.24) is 0 Å². The summed E-state index contributed by atoms with van der Waals surface area (Å²) >= 11 is 0. The second-order valence-electron chi connectivity index (χ2n) is 12.4. The molecule has 0 aliphatic rings. The van der Waals surface area contributed by atoms with E-state index >= 15 is 0 Å². The number of nitrogens with one attached hydrogen (secondary N) is 1. The second-order valence-corrected chi connectivity index (χ2v) is 12.4. The molecule has 9 aromatic rings. The lowest BCUT2D eigenvalue weighted by Gasteiger charge is -2.15. The van der Waals surface area contributed by atoms with Crippen molar-refractivity contribution in [2.45, 2.75) is 0 Å². The first-order valence-corrected chi connectivity index (χ1v) is 16.4. The fraction of sp³-hybridized carbons (Fsp3) is 0. The molecular formula is C46H30N2O. The highest BCUT2D eigenvalue weighted by Crippen LogP contribution is 2.41. The van der Waals surface area contributed by atoms with E-state index in [1.54, 1.807) is 0 Å². The first-order valence-electron chi connectivity index (χ1n) is 16.4. The van der Waals surface area contributed by atoms with Gasteiger partial charge < -0.3 is 9.83 Å². The number of fused-ring (bicyclic) bond motifs is 9. The second kappa shape index (κ2) is 11.6. The van der Waals surface area contributed by atoms with Crippen molar-refractivity contribution < 1.29 is 4.42 Å². The van der Waals surface area contributed by atoms with E-state index in [1.807, 2.05) is 54.6 Å². The van der Waals surface area contributed by atoms with Crippen LogP contribution in [0.15, 0.2) is 173 Å². The number of aliphatic imine (C=N–C) groups is 1. The lowest BCUT2D eigenvalue weighted by atomic mass is 9.89. The molecule has 0 atom stereocenters. The molecule has 0 amide bonds. The molecule has 1 N–H and O–H groups in total. The Bertz CT molecular complexity index is 2790. The van der Waals surface area contributed by atoms with E-state index in [2.05, 4.69) is 121 Å². The number of rotatable bonds is 6. The summed E-state index contributed by atoms with van der Waals surface area (Å²) in [6, 6.07) is 54.7. The lowest BCUT2D eigenvalue weighted by molar-refractivity contribution is 0.669. The Morgan fingerprint density at radius 3 is 1.84 bits per heavy atom. The minimum absolute atomic E-state index is 0.382. The van der Waals surface area contributed by atoms with Crippen molar-refractivity contribution in [1.29, 1.82) is 5.41 Å². The summed E-state index contributed by atoms with van der Waals surface area (Å²) in [5.41, 5.74) is 9.09. The monoisotopic (exact) mass is 626 g/mol. The van der Waals surface area contributed by atoms with Gasteiger partial charge >= 0.3 is 0 Å². The third kappa shape index (κ3) is 4.83. The molecule has 0 aliphatic carbocycles. The highest BCUT2D eigenvalue weighted by atomic mass is 16.3. The first kappa shape index (κ1) is 28.6. The average Bonchev–Trinajstić information content (AvgIpc) is 3.55. The van der Waals surface area contributed by atoms with Gasteiger partial charge in [0.15, 0.2) is 0 Å². The van der Waals surface area contributed by atoms with E-state index in [4.69, 9.17) is 9.83 Å². The SMILES string of the molecule is C=N/C(=C\C(=N)c1ccc(-c2ccccc2)cc1)c1cccc2c3ccccc3c3cc(-c4ccc5c(c4)oc4ccccc45)ccc3c12. The zero-order valence-corrected chi connectivity index (χ0v) is 26.7. The molecule has 0 saturated heterocycles. The summed E-state index contributed by atoms with van der Waals surface area (Å²) in [4.78, 5) is 4.50. The van der Waals surface area contributed by atoms with Gasteiger partial charge in [0.25, 0.3) is 0 Å². The van der Waals surface area contributed by atoms with Crippen LogP contribution < -0.4 is 0 Å². The predicted molar refractivity (Wildman–Crippen MR) is 208 cm³/mol. The Labute approximate surface area is 283 Å². The number of furan rings is 1. The van der Waals surface area contributed by atoms with Crippen molar-refractivity contribution in [2.24, 2.45) is 4.99 Å². The molecule has 0 radical (unpaired) electrons. The van der Waals surface area contributed by atoms with Gasteiger partial charge in [-0.2, -0.15) is 0 Å². The van der Waals surface area contributed by atoms with Crippen LogP contribution in [-0.4, -0.2) is 12.4 Å². The molecule has 0 bridgehead atoms. The van der Waals surface area contributed by atoms with E-state index in [0.717, 1.165) is 76.9 Å². The highest BCUT2D eigenvalue weighted by molar-refractivity contribution is 6.28. The maximum Gasteiger partial charge on any atom is 0.136 e. The molecule has 0 spiro atoms. The summed E-state index contributed by atoms with van der Waals surface area (Å²) in [6.07, 6.45) is 1.83. The Morgan fingerprint density at radius 2 is 1.06 bits per heavy atom. The van der Waals surface area contributed by atoms with Crippen molar-refractivity contribution >= 4 is 72.4 Å². The van der Waals surface area contributed by atoms with Gasteiger partial charge in [0.05, 0.1) is 11.4 Å². The van der Waals surface area contributed by atoms with Crippen LogP contribution in [0.25, 0.3) is 82.2 Å². The van der Waals surface area contributed by atoms with Gasteiger partial charge in [0.2, 0.25) is 0 Å². The van der Waals surface area contributed by atoms with Gasteiger partial charge in [-0.05, 0) is 97.2 Å². The van der Waals surface area contributed by atoms with Gasteiger partial charge in [-0.3, -0.25) is 4.99 Å². The molecule has 1 aromatic heterocycles. The topological polar surface area (TPSA) is 49.4 Å². The quantitative estimate of drug-likeness (QED) is 0.145. The van der Waals surface area contributed by atoms with Gasteiger partial charge in [0.1, 0.15) is 11.2 Å². The predicted octanol–water partition coefficient (Wildman–Crippen LogP) is 12.5. The number of para-hydroxylation sites is 1. The number of nitrogens with zero attached hydrogens (tertiary/aromatic N) is 1. The van der Waals surface area contributed by atoms with Crippen LogP contribution in [0.2, 0.25) is 0 Å². The number of hydrogen-bond acceptors (Lipinski definition) is 3. The molecule has 3 heteroatoms. The summed E-state index contributed by atoms with van der Waals surface area (Å²) < 4.78 is 6.23. The number of benzene rings is 8. The first-order chi connectivity index (χ1) is 24.2. The zero-order valence-electron chi connectivity index (χ0n) is 26.7. The summed E-state index contributed by atoms with van der Waals surface area (Å²) in [5.74, 6) is 0. The fourth-order valence-corrected chi connectivity index (χ4v) is 7.20. The molecule has 0 aliphatic heterocycles.